The van der Waals surface area contributed by atoms with E-state index < -0.39 is 12.7 Å². The largest absolute Gasteiger partial charge is 0.401 e. The molecule has 0 aromatic rings. The van der Waals surface area contributed by atoms with Crippen molar-refractivity contribution in [3.63, 3.8) is 0 Å². The van der Waals surface area contributed by atoms with Crippen molar-refractivity contribution in [1.29, 1.82) is 0 Å². The third kappa shape index (κ3) is 6.41. The SMILES string of the molecule is CCN(CC(F)(F)F)CC1(CNC(C)C)CCOCC1. The van der Waals surface area contributed by atoms with E-state index in [1.165, 1.54) is 4.90 Å². The van der Waals surface area contributed by atoms with Crippen LogP contribution in [0.1, 0.15) is 33.6 Å². The lowest BCUT2D eigenvalue weighted by molar-refractivity contribution is -0.150. The van der Waals surface area contributed by atoms with Crippen LogP contribution in [-0.2, 0) is 4.74 Å². The minimum absolute atomic E-state index is 0.107. The van der Waals surface area contributed by atoms with Crippen molar-refractivity contribution in [1.82, 2.24) is 10.2 Å². The van der Waals surface area contributed by atoms with E-state index >= 15 is 0 Å². The molecule has 1 saturated heterocycles. The van der Waals surface area contributed by atoms with Crippen LogP contribution in [0.15, 0.2) is 0 Å². The summed E-state index contributed by atoms with van der Waals surface area (Å²) in [5, 5.41) is 3.38. The number of alkyl halides is 3. The van der Waals surface area contributed by atoms with E-state index in [0.717, 1.165) is 19.4 Å². The highest BCUT2D eigenvalue weighted by Gasteiger charge is 2.37. The summed E-state index contributed by atoms with van der Waals surface area (Å²) in [7, 11) is 0. The molecule has 1 fully saturated rings. The average Bonchev–Trinajstić information content (AvgIpc) is 2.35. The van der Waals surface area contributed by atoms with E-state index in [4.69, 9.17) is 4.74 Å². The van der Waals surface area contributed by atoms with Crippen LogP contribution in [0.4, 0.5) is 13.2 Å². The molecule has 1 rings (SSSR count). The van der Waals surface area contributed by atoms with E-state index in [2.05, 4.69) is 19.2 Å². The lowest BCUT2D eigenvalue weighted by atomic mass is 9.79. The molecule has 0 aromatic carbocycles. The molecule has 1 aliphatic rings. The molecule has 0 saturated carbocycles. The normalized spacial score (nSPS) is 19.8. The lowest BCUT2D eigenvalue weighted by Gasteiger charge is -2.41. The number of hydrogen-bond donors (Lipinski definition) is 1. The van der Waals surface area contributed by atoms with Crippen molar-refractivity contribution in [2.45, 2.75) is 45.8 Å². The van der Waals surface area contributed by atoms with Gasteiger partial charge in [-0.1, -0.05) is 20.8 Å². The Morgan fingerprint density at radius 3 is 2.30 bits per heavy atom. The summed E-state index contributed by atoms with van der Waals surface area (Å²) in [6, 6.07) is 0.340. The van der Waals surface area contributed by atoms with Crippen molar-refractivity contribution >= 4 is 0 Å². The zero-order valence-electron chi connectivity index (χ0n) is 12.7. The van der Waals surface area contributed by atoms with Gasteiger partial charge in [-0.25, -0.2) is 0 Å². The Bertz CT molecular complexity index is 276. The molecule has 0 atom stereocenters. The molecule has 6 heteroatoms. The first-order chi connectivity index (χ1) is 9.26. The number of ether oxygens (including phenoxy) is 1. The zero-order valence-corrected chi connectivity index (χ0v) is 12.7. The van der Waals surface area contributed by atoms with Crippen LogP contribution in [0.25, 0.3) is 0 Å². The van der Waals surface area contributed by atoms with Crippen LogP contribution in [0, 0.1) is 5.41 Å². The van der Waals surface area contributed by atoms with Gasteiger partial charge in [-0.2, -0.15) is 13.2 Å². The fraction of sp³-hybridized carbons (Fsp3) is 1.00. The van der Waals surface area contributed by atoms with Crippen LogP contribution in [-0.4, -0.2) is 56.5 Å². The first-order valence-electron chi connectivity index (χ1n) is 7.36. The maximum Gasteiger partial charge on any atom is 0.401 e. The van der Waals surface area contributed by atoms with Gasteiger partial charge in [0.1, 0.15) is 0 Å². The number of nitrogens with one attached hydrogen (secondary N) is 1. The summed E-state index contributed by atoms with van der Waals surface area (Å²) in [6.45, 7) is 8.01. The van der Waals surface area contributed by atoms with Crippen LogP contribution >= 0.6 is 0 Å². The topological polar surface area (TPSA) is 24.5 Å². The maximum absolute atomic E-state index is 12.6. The minimum Gasteiger partial charge on any atom is -0.381 e. The fourth-order valence-corrected chi connectivity index (χ4v) is 2.62. The summed E-state index contributed by atoms with van der Waals surface area (Å²) in [4.78, 5) is 1.51. The van der Waals surface area contributed by atoms with Crippen LogP contribution in [0.5, 0.6) is 0 Å². The third-order valence-electron chi connectivity index (χ3n) is 3.85. The van der Waals surface area contributed by atoms with Crippen LogP contribution in [0.2, 0.25) is 0 Å². The Balaban J connectivity index is 2.66. The van der Waals surface area contributed by atoms with Crippen LogP contribution in [0.3, 0.4) is 0 Å². The Morgan fingerprint density at radius 2 is 1.85 bits per heavy atom. The maximum atomic E-state index is 12.6. The molecule has 0 amide bonds. The average molecular weight is 296 g/mol. The highest BCUT2D eigenvalue weighted by Crippen LogP contribution is 2.32. The van der Waals surface area contributed by atoms with Gasteiger partial charge in [0.25, 0.3) is 0 Å². The Kier molecular flexibility index (Phi) is 6.75. The van der Waals surface area contributed by atoms with Gasteiger partial charge in [-0.05, 0) is 24.8 Å². The molecule has 0 aromatic heterocycles. The first-order valence-corrected chi connectivity index (χ1v) is 7.36. The van der Waals surface area contributed by atoms with E-state index in [0.29, 0.717) is 32.3 Å². The molecule has 1 heterocycles. The molecule has 0 spiro atoms. The van der Waals surface area contributed by atoms with Crippen LogP contribution < -0.4 is 5.32 Å². The first kappa shape index (κ1) is 17.7. The zero-order chi connectivity index (χ0) is 15.2. The predicted octanol–water partition coefficient (Wildman–Crippen LogP) is 2.67. The predicted molar refractivity (Wildman–Crippen MR) is 73.8 cm³/mol. The molecule has 20 heavy (non-hydrogen) atoms. The second kappa shape index (κ2) is 7.61. The van der Waals surface area contributed by atoms with E-state index in [1.54, 1.807) is 6.92 Å². The molecule has 120 valence electrons. The van der Waals surface area contributed by atoms with Gasteiger partial charge >= 0.3 is 6.18 Å². The second-order valence-corrected chi connectivity index (χ2v) is 6.07. The smallest absolute Gasteiger partial charge is 0.381 e. The molecule has 3 nitrogen and oxygen atoms in total. The van der Waals surface area contributed by atoms with Crippen molar-refractivity contribution in [3.8, 4) is 0 Å². The summed E-state index contributed by atoms with van der Waals surface area (Å²) in [6.07, 6.45) is -2.49. The molecule has 1 N–H and O–H groups in total. The van der Waals surface area contributed by atoms with Crippen molar-refractivity contribution in [2.75, 3.05) is 39.4 Å². The summed E-state index contributed by atoms with van der Waals surface area (Å²) in [5.41, 5.74) is -0.107. The minimum atomic E-state index is -4.13. The van der Waals surface area contributed by atoms with E-state index in [-0.39, 0.29) is 5.41 Å². The Morgan fingerprint density at radius 1 is 1.25 bits per heavy atom. The van der Waals surface area contributed by atoms with Gasteiger partial charge in [0, 0.05) is 32.3 Å². The monoisotopic (exact) mass is 296 g/mol. The van der Waals surface area contributed by atoms with Gasteiger partial charge in [0.05, 0.1) is 6.54 Å². The second-order valence-electron chi connectivity index (χ2n) is 6.07. The quantitative estimate of drug-likeness (QED) is 0.782. The van der Waals surface area contributed by atoms with Crippen molar-refractivity contribution < 1.29 is 17.9 Å². The number of halogens is 3. The van der Waals surface area contributed by atoms with Crippen molar-refractivity contribution in [2.24, 2.45) is 5.41 Å². The van der Waals surface area contributed by atoms with E-state index in [9.17, 15) is 13.2 Å². The number of rotatable bonds is 7. The highest BCUT2D eigenvalue weighted by atomic mass is 19.4. The fourth-order valence-electron chi connectivity index (χ4n) is 2.62. The molecular formula is C14H27F3N2O. The van der Waals surface area contributed by atoms with Gasteiger partial charge in [-0.15, -0.1) is 0 Å². The number of hydrogen-bond acceptors (Lipinski definition) is 3. The molecule has 1 aliphatic heterocycles. The summed E-state index contributed by atoms with van der Waals surface area (Å²) >= 11 is 0. The van der Waals surface area contributed by atoms with Gasteiger partial charge in [0.2, 0.25) is 0 Å². The van der Waals surface area contributed by atoms with Crippen molar-refractivity contribution in [3.05, 3.63) is 0 Å². The standard InChI is InChI=1S/C14H27F3N2O/c1-4-19(11-14(15,16)17)10-13(9-18-12(2)3)5-7-20-8-6-13/h12,18H,4-11H2,1-3H3. The highest BCUT2D eigenvalue weighted by molar-refractivity contribution is 4.88. The van der Waals surface area contributed by atoms with Gasteiger partial charge < -0.3 is 10.1 Å². The van der Waals surface area contributed by atoms with Gasteiger partial charge in [0.15, 0.2) is 0 Å². The molecular weight excluding hydrogens is 269 g/mol. The third-order valence-corrected chi connectivity index (χ3v) is 3.85. The molecule has 0 radical (unpaired) electrons. The summed E-state index contributed by atoms with van der Waals surface area (Å²) in [5.74, 6) is 0. The Hall–Kier alpha value is -0.330. The molecule has 0 unspecified atom stereocenters. The molecule has 0 aliphatic carbocycles. The number of nitrogens with zero attached hydrogens (tertiary/aromatic N) is 1. The van der Waals surface area contributed by atoms with E-state index in [1.807, 2.05) is 0 Å². The lowest BCUT2D eigenvalue weighted by Crippen LogP contribution is -2.50. The van der Waals surface area contributed by atoms with Gasteiger partial charge in [-0.3, -0.25) is 4.90 Å². The molecule has 0 bridgehead atoms. The Labute approximate surface area is 119 Å². The summed E-state index contributed by atoms with van der Waals surface area (Å²) < 4.78 is 43.2.